The zero-order valence-electron chi connectivity index (χ0n) is 11.1. The number of ether oxygens (including phenoxy) is 1. The minimum Gasteiger partial charge on any atom is -0.486 e. The third-order valence-corrected chi connectivity index (χ3v) is 3.74. The largest absolute Gasteiger partial charge is 0.486 e. The van der Waals surface area contributed by atoms with Crippen LogP contribution in [0, 0.1) is 6.92 Å². The smallest absolute Gasteiger partial charge is 0.134 e. The molecule has 0 bridgehead atoms. The van der Waals surface area contributed by atoms with Gasteiger partial charge in [-0.1, -0.05) is 30.3 Å². The van der Waals surface area contributed by atoms with Gasteiger partial charge in [0.25, 0.3) is 0 Å². The van der Waals surface area contributed by atoms with Gasteiger partial charge >= 0.3 is 0 Å². The van der Waals surface area contributed by atoms with E-state index in [4.69, 9.17) is 4.74 Å². The van der Waals surface area contributed by atoms with E-state index in [9.17, 15) is 0 Å². The van der Waals surface area contributed by atoms with Crippen LogP contribution in [0.25, 0.3) is 10.9 Å². The second-order valence-electron chi connectivity index (χ2n) is 4.72. The molecule has 0 saturated carbocycles. The molecule has 1 heterocycles. The van der Waals surface area contributed by atoms with Crippen molar-refractivity contribution in [3.63, 3.8) is 0 Å². The molecular weight excluding hydrogens is 314 g/mol. The Bertz CT molecular complexity index is 755. The number of hydrogen-bond donors (Lipinski definition) is 0. The van der Waals surface area contributed by atoms with Crippen LogP contribution in [0.3, 0.4) is 0 Å². The molecule has 20 heavy (non-hydrogen) atoms. The Hall–Kier alpha value is -1.87. The summed E-state index contributed by atoms with van der Waals surface area (Å²) in [5.74, 6) is 0.838. The molecule has 0 fully saturated rings. The molecule has 0 aliphatic rings. The Labute approximate surface area is 126 Å². The van der Waals surface area contributed by atoms with E-state index in [1.54, 1.807) is 0 Å². The monoisotopic (exact) mass is 327 g/mol. The third kappa shape index (κ3) is 2.83. The van der Waals surface area contributed by atoms with E-state index in [-0.39, 0.29) is 0 Å². The zero-order chi connectivity index (χ0) is 13.9. The number of halogens is 1. The SMILES string of the molecule is Cc1ccc(OCc2ccc3ccccc3n2)c(Br)c1. The number of rotatable bonds is 3. The van der Waals surface area contributed by atoms with Crippen LogP contribution in [0.1, 0.15) is 11.3 Å². The fourth-order valence-corrected chi connectivity index (χ4v) is 2.67. The number of benzene rings is 2. The fourth-order valence-electron chi connectivity index (χ4n) is 2.06. The molecule has 0 aliphatic heterocycles. The zero-order valence-corrected chi connectivity index (χ0v) is 12.7. The van der Waals surface area contributed by atoms with Gasteiger partial charge in [-0.15, -0.1) is 0 Å². The number of aromatic nitrogens is 1. The lowest BCUT2D eigenvalue weighted by Gasteiger charge is -2.09. The van der Waals surface area contributed by atoms with Crippen molar-refractivity contribution in [1.29, 1.82) is 0 Å². The highest BCUT2D eigenvalue weighted by Gasteiger charge is 2.03. The number of hydrogen-bond acceptors (Lipinski definition) is 2. The van der Waals surface area contributed by atoms with Gasteiger partial charge in [-0.2, -0.15) is 0 Å². The van der Waals surface area contributed by atoms with E-state index in [1.165, 1.54) is 5.56 Å². The van der Waals surface area contributed by atoms with Gasteiger partial charge in [-0.25, -0.2) is 4.98 Å². The first-order valence-electron chi connectivity index (χ1n) is 6.46. The Balaban J connectivity index is 1.79. The molecule has 0 radical (unpaired) electrons. The molecule has 2 nitrogen and oxygen atoms in total. The van der Waals surface area contributed by atoms with Crippen molar-refractivity contribution in [2.45, 2.75) is 13.5 Å². The van der Waals surface area contributed by atoms with Crippen molar-refractivity contribution in [3.05, 3.63) is 70.3 Å². The van der Waals surface area contributed by atoms with E-state index in [1.807, 2.05) is 42.5 Å². The van der Waals surface area contributed by atoms with Crippen LogP contribution in [-0.2, 0) is 6.61 Å². The van der Waals surface area contributed by atoms with E-state index < -0.39 is 0 Å². The van der Waals surface area contributed by atoms with E-state index in [0.29, 0.717) is 6.61 Å². The molecule has 0 spiro atoms. The number of aryl methyl sites for hydroxylation is 1. The second-order valence-corrected chi connectivity index (χ2v) is 5.57. The van der Waals surface area contributed by atoms with E-state index >= 15 is 0 Å². The molecule has 0 aliphatic carbocycles. The first-order valence-corrected chi connectivity index (χ1v) is 7.25. The number of fused-ring (bicyclic) bond motifs is 1. The number of para-hydroxylation sites is 1. The average molecular weight is 328 g/mol. The lowest BCUT2D eigenvalue weighted by atomic mass is 10.2. The van der Waals surface area contributed by atoms with Crippen LogP contribution in [0.4, 0.5) is 0 Å². The van der Waals surface area contributed by atoms with Gasteiger partial charge in [0, 0.05) is 5.39 Å². The van der Waals surface area contributed by atoms with Crippen LogP contribution in [0.5, 0.6) is 5.75 Å². The van der Waals surface area contributed by atoms with Gasteiger partial charge in [0.2, 0.25) is 0 Å². The summed E-state index contributed by atoms with van der Waals surface area (Å²) in [4.78, 5) is 4.60. The molecule has 0 unspecified atom stereocenters. The predicted octanol–water partition coefficient (Wildman–Crippen LogP) is 4.88. The maximum atomic E-state index is 5.82. The topological polar surface area (TPSA) is 22.1 Å². The van der Waals surface area contributed by atoms with Gasteiger partial charge in [0.15, 0.2) is 0 Å². The molecule has 3 aromatic rings. The molecule has 3 heteroatoms. The van der Waals surface area contributed by atoms with Crippen molar-refractivity contribution in [2.24, 2.45) is 0 Å². The van der Waals surface area contributed by atoms with Gasteiger partial charge in [0.1, 0.15) is 12.4 Å². The first-order chi connectivity index (χ1) is 9.72. The first kappa shape index (κ1) is 13.1. The van der Waals surface area contributed by atoms with Gasteiger partial charge in [-0.3, -0.25) is 0 Å². The molecule has 3 rings (SSSR count). The fraction of sp³-hybridized carbons (Fsp3) is 0.118. The molecule has 2 aromatic carbocycles. The molecule has 1 aromatic heterocycles. The summed E-state index contributed by atoms with van der Waals surface area (Å²) in [7, 11) is 0. The van der Waals surface area contributed by atoms with Crippen LogP contribution < -0.4 is 4.74 Å². The quantitative estimate of drug-likeness (QED) is 0.683. The third-order valence-electron chi connectivity index (χ3n) is 3.12. The van der Waals surface area contributed by atoms with Gasteiger partial charge in [0.05, 0.1) is 15.7 Å². The Morgan fingerprint density at radius 3 is 2.75 bits per heavy atom. The second kappa shape index (κ2) is 5.63. The predicted molar refractivity (Wildman–Crippen MR) is 85.0 cm³/mol. The van der Waals surface area contributed by atoms with Crippen LogP contribution in [-0.4, -0.2) is 4.98 Å². The number of nitrogens with zero attached hydrogens (tertiary/aromatic N) is 1. The minimum absolute atomic E-state index is 0.465. The van der Waals surface area contributed by atoms with Crippen molar-refractivity contribution in [1.82, 2.24) is 4.98 Å². The van der Waals surface area contributed by atoms with E-state index in [0.717, 1.165) is 26.8 Å². The standard InChI is InChI=1S/C17H14BrNO/c1-12-6-9-17(15(18)10-12)20-11-14-8-7-13-4-2-3-5-16(13)19-14/h2-10H,11H2,1H3. The summed E-state index contributed by atoms with van der Waals surface area (Å²) >= 11 is 3.52. The highest BCUT2D eigenvalue weighted by molar-refractivity contribution is 9.10. The van der Waals surface area contributed by atoms with Crippen molar-refractivity contribution in [3.8, 4) is 5.75 Å². The van der Waals surface area contributed by atoms with E-state index in [2.05, 4.69) is 40.0 Å². The molecule has 0 N–H and O–H groups in total. The molecule has 0 saturated heterocycles. The highest BCUT2D eigenvalue weighted by atomic mass is 79.9. The molecular formula is C17H14BrNO. The van der Waals surface area contributed by atoms with Crippen LogP contribution >= 0.6 is 15.9 Å². The maximum absolute atomic E-state index is 5.82. The minimum atomic E-state index is 0.465. The van der Waals surface area contributed by atoms with Crippen molar-refractivity contribution >= 4 is 26.8 Å². The molecule has 0 atom stereocenters. The summed E-state index contributed by atoms with van der Waals surface area (Å²) in [6.45, 7) is 2.52. The molecule has 0 amide bonds. The van der Waals surface area contributed by atoms with Crippen molar-refractivity contribution < 1.29 is 4.74 Å². The highest BCUT2D eigenvalue weighted by Crippen LogP contribution is 2.26. The van der Waals surface area contributed by atoms with Crippen molar-refractivity contribution in [2.75, 3.05) is 0 Å². The lowest BCUT2D eigenvalue weighted by Crippen LogP contribution is -1.99. The van der Waals surface area contributed by atoms with Crippen LogP contribution in [0.2, 0.25) is 0 Å². The Morgan fingerprint density at radius 1 is 1.05 bits per heavy atom. The number of pyridine rings is 1. The normalized spacial score (nSPS) is 10.7. The summed E-state index contributed by atoms with van der Waals surface area (Å²) < 4.78 is 6.79. The summed E-state index contributed by atoms with van der Waals surface area (Å²) in [5, 5.41) is 1.15. The van der Waals surface area contributed by atoms with Gasteiger partial charge in [-0.05, 0) is 52.7 Å². The maximum Gasteiger partial charge on any atom is 0.134 e. The summed E-state index contributed by atoms with van der Waals surface area (Å²) in [5.41, 5.74) is 3.13. The Kier molecular flexibility index (Phi) is 3.70. The summed E-state index contributed by atoms with van der Waals surface area (Å²) in [6, 6.07) is 18.2. The Morgan fingerprint density at radius 2 is 1.90 bits per heavy atom. The summed E-state index contributed by atoms with van der Waals surface area (Å²) in [6.07, 6.45) is 0. The molecule has 100 valence electrons. The van der Waals surface area contributed by atoms with Gasteiger partial charge < -0.3 is 4.74 Å². The van der Waals surface area contributed by atoms with Crippen LogP contribution in [0.15, 0.2) is 59.1 Å². The average Bonchev–Trinajstić information content (AvgIpc) is 2.46. The lowest BCUT2D eigenvalue weighted by molar-refractivity contribution is 0.300.